The minimum Gasteiger partial charge on any atom is -0.394 e. The van der Waals surface area contributed by atoms with Gasteiger partial charge in [0.2, 0.25) is 0 Å². The van der Waals surface area contributed by atoms with Crippen molar-refractivity contribution in [2.75, 3.05) is 13.2 Å². The summed E-state index contributed by atoms with van der Waals surface area (Å²) in [5, 5.41) is 54.9. The summed E-state index contributed by atoms with van der Waals surface area (Å²) in [7, 11) is 0. The van der Waals surface area contributed by atoms with Crippen LogP contribution >= 0.6 is 0 Å². The molecule has 1 aliphatic heterocycles. The van der Waals surface area contributed by atoms with E-state index in [0.717, 1.165) is 0 Å². The molecule has 6 atom stereocenters. The predicted octanol–water partition coefficient (Wildman–Crippen LogP) is -3.82. The largest absolute Gasteiger partial charge is 0.394 e. The third kappa shape index (κ3) is 2.45. The molecule has 1 heterocycles. The Bertz CT molecular complexity index is 197. The van der Waals surface area contributed by atoms with Crippen molar-refractivity contribution in [1.29, 1.82) is 0 Å². The molecule has 0 aliphatic carbocycles. The molecule has 0 amide bonds. The highest BCUT2D eigenvalue weighted by Gasteiger charge is 2.45. The molecule has 1 fully saturated rings. The summed E-state index contributed by atoms with van der Waals surface area (Å²) >= 11 is 0. The quantitative estimate of drug-likeness (QED) is 0.289. The molecule has 7 heteroatoms. The van der Waals surface area contributed by atoms with Crippen LogP contribution in [0.2, 0.25) is 0 Å². The van der Waals surface area contributed by atoms with E-state index in [1.54, 1.807) is 0 Å². The Kier molecular flexibility index (Phi) is 4.41. The molecule has 15 heavy (non-hydrogen) atoms. The molecule has 0 aromatic rings. The van der Waals surface area contributed by atoms with E-state index in [1.807, 2.05) is 0 Å². The lowest BCUT2D eigenvalue weighted by atomic mass is 9.92. The average Bonchev–Trinajstić information content (AvgIpc) is 2.25. The van der Waals surface area contributed by atoms with Gasteiger partial charge in [-0.3, -0.25) is 0 Å². The van der Waals surface area contributed by atoms with Gasteiger partial charge in [-0.05, 0) is 0 Å². The van der Waals surface area contributed by atoms with Gasteiger partial charge in [-0.15, -0.1) is 0 Å². The molecule has 1 rings (SSSR count). The Hall–Kier alpha value is -0.280. The summed E-state index contributed by atoms with van der Waals surface area (Å²) < 4.78 is 4.96. The molecule has 0 radical (unpaired) electrons. The number of rotatable bonds is 3. The second-order valence-corrected chi connectivity index (χ2v) is 3.54. The van der Waals surface area contributed by atoms with Crippen molar-refractivity contribution in [1.82, 2.24) is 0 Å². The van der Waals surface area contributed by atoms with Crippen molar-refractivity contribution in [3.05, 3.63) is 0 Å². The van der Waals surface area contributed by atoms with Crippen LogP contribution in [0, 0.1) is 0 Å². The molecule has 7 nitrogen and oxygen atoms in total. The lowest BCUT2D eigenvalue weighted by Gasteiger charge is -2.41. The molecule has 0 bridgehead atoms. The zero-order chi connectivity index (χ0) is 11.6. The van der Waals surface area contributed by atoms with Crippen molar-refractivity contribution >= 4 is 0 Å². The van der Waals surface area contributed by atoms with Crippen LogP contribution in [0.1, 0.15) is 0 Å². The molecule has 2 unspecified atom stereocenters. The van der Waals surface area contributed by atoms with Gasteiger partial charge in [0.1, 0.15) is 36.6 Å². The van der Waals surface area contributed by atoms with Gasteiger partial charge >= 0.3 is 0 Å². The number of hydrogen-bond acceptors (Lipinski definition) is 7. The Morgan fingerprint density at radius 2 is 1.60 bits per heavy atom. The van der Waals surface area contributed by atoms with Crippen LogP contribution in [0.3, 0.4) is 0 Å². The number of aliphatic hydroxyl groups excluding tert-OH is 6. The summed E-state index contributed by atoms with van der Waals surface area (Å²) in [5.41, 5.74) is 0. The lowest BCUT2D eigenvalue weighted by molar-refractivity contribution is -0.251. The first-order valence-electron chi connectivity index (χ1n) is 4.62. The van der Waals surface area contributed by atoms with E-state index < -0.39 is 49.8 Å². The number of aliphatic hydroxyl groups is 6. The molecule has 6 N–H and O–H groups in total. The maximum atomic E-state index is 9.43. The van der Waals surface area contributed by atoms with Crippen LogP contribution in [-0.4, -0.2) is 80.5 Å². The van der Waals surface area contributed by atoms with Crippen LogP contribution in [0.4, 0.5) is 0 Å². The second-order valence-electron chi connectivity index (χ2n) is 3.54. The van der Waals surface area contributed by atoms with Crippen molar-refractivity contribution < 1.29 is 35.4 Å². The van der Waals surface area contributed by atoms with E-state index in [0.29, 0.717) is 0 Å². The Labute approximate surface area is 86.2 Å². The molecule has 1 saturated heterocycles. The first kappa shape index (κ1) is 12.8. The van der Waals surface area contributed by atoms with Crippen molar-refractivity contribution in [3.8, 4) is 0 Å². The average molecular weight is 224 g/mol. The van der Waals surface area contributed by atoms with Crippen molar-refractivity contribution in [3.63, 3.8) is 0 Å². The van der Waals surface area contributed by atoms with Gasteiger partial charge in [-0.2, -0.15) is 0 Å². The fourth-order valence-corrected chi connectivity index (χ4v) is 1.55. The second kappa shape index (κ2) is 5.17. The van der Waals surface area contributed by atoms with Crippen LogP contribution < -0.4 is 0 Å². The fourth-order valence-electron chi connectivity index (χ4n) is 1.55. The van der Waals surface area contributed by atoms with Gasteiger partial charge in [-0.1, -0.05) is 0 Å². The van der Waals surface area contributed by atoms with E-state index in [1.165, 1.54) is 0 Å². The maximum absolute atomic E-state index is 9.43. The maximum Gasteiger partial charge on any atom is 0.115 e. The number of hydrogen-bond donors (Lipinski definition) is 6. The number of ether oxygens (including phenoxy) is 1. The highest BCUT2D eigenvalue weighted by atomic mass is 16.6. The zero-order valence-electron chi connectivity index (χ0n) is 7.97. The van der Waals surface area contributed by atoms with Gasteiger partial charge in [0.05, 0.1) is 13.2 Å². The first-order valence-corrected chi connectivity index (χ1v) is 4.62. The molecule has 0 saturated carbocycles. The van der Waals surface area contributed by atoms with Gasteiger partial charge in [-0.25, -0.2) is 0 Å². The molecule has 0 aromatic carbocycles. The highest BCUT2D eigenvalue weighted by molar-refractivity contribution is 4.94. The summed E-state index contributed by atoms with van der Waals surface area (Å²) in [5.74, 6) is 0. The molecule has 0 spiro atoms. The van der Waals surface area contributed by atoms with E-state index in [9.17, 15) is 20.4 Å². The van der Waals surface area contributed by atoms with Crippen molar-refractivity contribution in [2.45, 2.75) is 36.6 Å². The normalized spacial score (nSPS) is 44.0. The summed E-state index contributed by atoms with van der Waals surface area (Å²) in [6.07, 6.45) is -8.16. The van der Waals surface area contributed by atoms with E-state index >= 15 is 0 Å². The van der Waals surface area contributed by atoms with E-state index in [2.05, 4.69) is 0 Å². The van der Waals surface area contributed by atoms with Gasteiger partial charge in [0.25, 0.3) is 0 Å². The molecular formula is C8H16O7. The third-order valence-corrected chi connectivity index (χ3v) is 2.50. The SMILES string of the molecule is OC[C@@H](O)C1O[C@@H](CO)C(O)[C@@H](O)[C@@H]1O. The molecule has 90 valence electrons. The monoisotopic (exact) mass is 224 g/mol. The standard InChI is InChI=1S/C8H16O7/c9-1-3(11)8-7(14)6(13)5(12)4(2-10)15-8/h3-14H,1-2H2/t3-,4+,5?,6-,7+,8?/m1/s1. The van der Waals surface area contributed by atoms with Crippen LogP contribution in [0.25, 0.3) is 0 Å². The van der Waals surface area contributed by atoms with E-state index in [4.69, 9.17) is 14.9 Å². The van der Waals surface area contributed by atoms with E-state index in [-0.39, 0.29) is 0 Å². The Morgan fingerprint density at radius 1 is 1.00 bits per heavy atom. The van der Waals surface area contributed by atoms with Gasteiger partial charge in [0.15, 0.2) is 0 Å². The molecule has 1 aliphatic rings. The topological polar surface area (TPSA) is 131 Å². The Morgan fingerprint density at radius 3 is 2.07 bits per heavy atom. The summed E-state index contributed by atoms with van der Waals surface area (Å²) in [6.45, 7) is -1.21. The Balaban J connectivity index is 2.74. The van der Waals surface area contributed by atoms with Gasteiger partial charge < -0.3 is 35.4 Å². The minimum atomic E-state index is -1.53. The summed E-state index contributed by atoms with van der Waals surface area (Å²) in [6, 6.07) is 0. The fraction of sp³-hybridized carbons (Fsp3) is 1.00. The third-order valence-electron chi connectivity index (χ3n) is 2.50. The van der Waals surface area contributed by atoms with Crippen LogP contribution in [0.5, 0.6) is 0 Å². The smallest absolute Gasteiger partial charge is 0.115 e. The first-order chi connectivity index (χ1) is 7.02. The predicted molar refractivity (Wildman–Crippen MR) is 46.9 cm³/mol. The molecule has 0 aromatic heterocycles. The summed E-state index contributed by atoms with van der Waals surface area (Å²) in [4.78, 5) is 0. The van der Waals surface area contributed by atoms with Crippen LogP contribution in [-0.2, 0) is 4.74 Å². The van der Waals surface area contributed by atoms with Crippen molar-refractivity contribution in [2.24, 2.45) is 0 Å². The minimum absolute atomic E-state index is 0.556. The zero-order valence-corrected chi connectivity index (χ0v) is 7.97. The molecular weight excluding hydrogens is 208 g/mol. The van der Waals surface area contributed by atoms with Crippen LogP contribution in [0.15, 0.2) is 0 Å². The van der Waals surface area contributed by atoms with Gasteiger partial charge in [0, 0.05) is 0 Å². The lowest BCUT2D eigenvalue weighted by Crippen LogP contribution is -2.61. The highest BCUT2D eigenvalue weighted by Crippen LogP contribution is 2.22.